The normalized spacial score (nSPS) is 12.2. The van der Waals surface area contributed by atoms with E-state index in [-0.39, 0.29) is 27.4 Å². The lowest BCUT2D eigenvalue weighted by Gasteiger charge is -2.20. The molecule has 2 rings (SSSR count). The van der Waals surface area contributed by atoms with Crippen molar-refractivity contribution in [3.63, 3.8) is 0 Å². The fourth-order valence-electron chi connectivity index (χ4n) is 2.57. The molecule has 0 amide bonds. The van der Waals surface area contributed by atoms with Crippen LogP contribution in [0.3, 0.4) is 0 Å². The van der Waals surface area contributed by atoms with Gasteiger partial charge in [-0.25, -0.2) is 4.83 Å². The highest BCUT2D eigenvalue weighted by Gasteiger charge is 2.22. The van der Waals surface area contributed by atoms with E-state index < -0.39 is 20.6 Å². The van der Waals surface area contributed by atoms with Crippen LogP contribution < -0.4 is 9.57 Å². The second kappa shape index (κ2) is 8.08. The summed E-state index contributed by atoms with van der Waals surface area (Å²) in [5.41, 5.74) is 0.643. The molecular formula is C19H23N3O6S. The number of nitrogens with zero attached hydrogens (tertiary/aromatic N) is 2. The SMILES string of the molecule is COc1cc([N+](=O)[O-])c(/C=N/NS(=O)(=O)c2cc(C(C)(C)C)ccc2C)cc1O. The summed E-state index contributed by atoms with van der Waals surface area (Å²) in [5.74, 6) is -0.416. The summed E-state index contributed by atoms with van der Waals surface area (Å²) in [6.07, 6.45) is 0.956. The van der Waals surface area contributed by atoms with Crippen molar-refractivity contribution in [1.82, 2.24) is 4.83 Å². The van der Waals surface area contributed by atoms with Crippen LogP contribution in [0.1, 0.15) is 37.5 Å². The minimum absolute atomic E-state index is 0.0640. The molecule has 0 fully saturated rings. The second-order valence-corrected chi connectivity index (χ2v) is 9.05. The van der Waals surface area contributed by atoms with E-state index in [1.165, 1.54) is 7.11 Å². The summed E-state index contributed by atoms with van der Waals surface area (Å²) in [5, 5.41) is 24.7. The van der Waals surface area contributed by atoms with Crippen LogP contribution in [0, 0.1) is 17.0 Å². The molecule has 0 unspecified atom stereocenters. The maximum absolute atomic E-state index is 12.7. The number of nitro groups is 1. The molecule has 2 aromatic rings. The number of hydrogen-bond donors (Lipinski definition) is 2. The third kappa shape index (κ3) is 5.02. The van der Waals surface area contributed by atoms with E-state index in [2.05, 4.69) is 9.93 Å². The number of benzene rings is 2. The molecule has 0 spiro atoms. The summed E-state index contributed by atoms with van der Waals surface area (Å²) in [6.45, 7) is 7.57. The minimum Gasteiger partial charge on any atom is -0.504 e. The molecule has 0 saturated carbocycles. The first-order valence-corrected chi connectivity index (χ1v) is 10.1. The highest BCUT2D eigenvalue weighted by atomic mass is 32.2. The lowest BCUT2D eigenvalue weighted by atomic mass is 9.87. The number of nitro benzene ring substituents is 1. The Morgan fingerprint density at radius 1 is 1.24 bits per heavy atom. The van der Waals surface area contributed by atoms with E-state index in [1.54, 1.807) is 19.1 Å². The van der Waals surface area contributed by atoms with Gasteiger partial charge in [-0.15, -0.1) is 0 Å². The monoisotopic (exact) mass is 421 g/mol. The lowest BCUT2D eigenvalue weighted by molar-refractivity contribution is -0.385. The highest BCUT2D eigenvalue weighted by molar-refractivity contribution is 7.89. The van der Waals surface area contributed by atoms with Crippen LogP contribution in [0.5, 0.6) is 11.5 Å². The van der Waals surface area contributed by atoms with Crippen molar-refractivity contribution in [3.8, 4) is 11.5 Å². The number of phenolic OH excluding ortho intramolecular Hbond substituents is 1. The minimum atomic E-state index is -4.00. The van der Waals surface area contributed by atoms with Gasteiger partial charge in [0, 0.05) is 0 Å². The Bertz CT molecular complexity index is 1070. The van der Waals surface area contributed by atoms with E-state index in [0.717, 1.165) is 23.9 Å². The average molecular weight is 421 g/mol. The molecule has 0 aliphatic carbocycles. The topological polar surface area (TPSA) is 131 Å². The van der Waals surface area contributed by atoms with Crippen molar-refractivity contribution in [3.05, 3.63) is 57.1 Å². The number of hydrazone groups is 1. The number of ether oxygens (including phenoxy) is 1. The van der Waals surface area contributed by atoms with Gasteiger partial charge >= 0.3 is 0 Å². The Morgan fingerprint density at radius 2 is 1.90 bits per heavy atom. The first-order chi connectivity index (χ1) is 13.4. The van der Waals surface area contributed by atoms with E-state index >= 15 is 0 Å². The predicted octanol–water partition coefficient (Wildman–Crippen LogP) is 3.23. The molecule has 10 heteroatoms. The zero-order chi connectivity index (χ0) is 22.0. The maximum Gasteiger partial charge on any atom is 0.282 e. The molecule has 0 bridgehead atoms. The van der Waals surface area contributed by atoms with Crippen LogP contribution in [-0.4, -0.2) is 31.8 Å². The van der Waals surface area contributed by atoms with Crippen molar-refractivity contribution in [2.75, 3.05) is 7.11 Å². The molecule has 2 N–H and O–H groups in total. The Morgan fingerprint density at radius 3 is 2.45 bits per heavy atom. The smallest absolute Gasteiger partial charge is 0.282 e. The lowest BCUT2D eigenvalue weighted by Crippen LogP contribution is -2.21. The Kier molecular flexibility index (Phi) is 6.17. The maximum atomic E-state index is 12.7. The van der Waals surface area contributed by atoms with E-state index in [4.69, 9.17) is 4.74 Å². The van der Waals surface area contributed by atoms with Crippen LogP contribution in [0.4, 0.5) is 5.69 Å². The largest absolute Gasteiger partial charge is 0.504 e. The van der Waals surface area contributed by atoms with Crippen molar-refractivity contribution in [2.24, 2.45) is 5.10 Å². The molecular weight excluding hydrogens is 398 g/mol. The zero-order valence-electron chi connectivity index (χ0n) is 16.8. The Balaban J connectivity index is 2.38. The number of nitrogens with one attached hydrogen (secondary N) is 1. The molecule has 0 aromatic heterocycles. The molecule has 156 valence electrons. The van der Waals surface area contributed by atoms with Gasteiger partial charge < -0.3 is 9.84 Å². The molecule has 0 saturated heterocycles. The van der Waals surface area contributed by atoms with Crippen LogP contribution in [-0.2, 0) is 15.4 Å². The number of hydrogen-bond acceptors (Lipinski definition) is 7. The van der Waals surface area contributed by atoms with Crippen molar-refractivity contribution < 1.29 is 23.2 Å². The first-order valence-electron chi connectivity index (χ1n) is 8.58. The number of sulfonamides is 1. The average Bonchev–Trinajstić information content (AvgIpc) is 2.60. The van der Waals surface area contributed by atoms with Crippen molar-refractivity contribution >= 4 is 21.9 Å². The van der Waals surface area contributed by atoms with E-state index in [1.807, 2.05) is 26.8 Å². The molecule has 29 heavy (non-hydrogen) atoms. The van der Waals surface area contributed by atoms with Crippen molar-refractivity contribution in [1.29, 1.82) is 0 Å². The molecule has 0 atom stereocenters. The third-order valence-electron chi connectivity index (χ3n) is 4.25. The second-order valence-electron chi connectivity index (χ2n) is 7.42. The summed E-state index contributed by atoms with van der Waals surface area (Å²) in [6, 6.07) is 7.25. The number of phenols is 1. The fraction of sp³-hybridized carbons (Fsp3) is 0.316. The first kappa shape index (κ1) is 22.2. The number of methoxy groups -OCH3 is 1. The number of rotatable bonds is 6. The van der Waals surface area contributed by atoms with Gasteiger partial charge in [0.15, 0.2) is 11.5 Å². The van der Waals surface area contributed by atoms with Crippen molar-refractivity contribution in [2.45, 2.75) is 38.0 Å². The summed E-state index contributed by atoms with van der Waals surface area (Å²) >= 11 is 0. The van der Waals surface area contributed by atoms with Crippen LogP contribution in [0.15, 0.2) is 40.3 Å². The summed E-state index contributed by atoms with van der Waals surface area (Å²) < 4.78 is 30.2. The molecule has 0 radical (unpaired) electrons. The van der Waals surface area contributed by atoms with Gasteiger partial charge in [-0.2, -0.15) is 13.5 Å². The van der Waals surface area contributed by atoms with Gasteiger partial charge in [0.2, 0.25) is 0 Å². The van der Waals surface area contributed by atoms with Gasteiger partial charge in [0.05, 0.1) is 34.8 Å². The molecule has 0 heterocycles. The quantitative estimate of drug-likeness (QED) is 0.418. The van der Waals surface area contributed by atoms with Gasteiger partial charge in [0.25, 0.3) is 15.7 Å². The van der Waals surface area contributed by atoms with Gasteiger partial charge in [-0.3, -0.25) is 10.1 Å². The van der Waals surface area contributed by atoms with E-state index in [0.29, 0.717) is 5.56 Å². The number of aryl methyl sites for hydroxylation is 1. The van der Waals surface area contributed by atoms with Crippen LogP contribution in [0.2, 0.25) is 0 Å². The van der Waals surface area contributed by atoms with Crippen LogP contribution >= 0.6 is 0 Å². The highest BCUT2D eigenvalue weighted by Crippen LogP contribution is 2.32. The fourth-order valence-corrected chi connectivity index (χ4v) is 3.63. The molecule has 2 aromatic carbocycles. The Hall–Kier alpha value is -3.14. The predicted molar refractivity (Wildman–Crippen MR) is 109 cm³/mol. The van der Waals surface area contributed by atoms with E-state index in [9.17, 15) is 23.6 Å². The molecule has 0 aliphatic heterocycles. The van der Waals surface area contributed by atoms with Crippen LogP contribution in [0.25, 0.3) is 0 Å². The summed E-state index contributed by atoms with van der Waals surface area (Å²) in [7, 11) is -2.75. The molecule has 9 nitrogen and oxygen atoms in total. The summed E-state index contributed by atoms with van der Waals surface area (Å²) in [4.78, 5) is 12.7. The Labute approximate surface area is 169 Å². The van der Waals surface area contributed by atoms with Gasteiger partial charge in [-0.1, -0.05) is 32.9 Å². The third-order valence-corrected chi connectivity index (χ3v) is 5.61. The van der Waals surface area contributed by atoms with Gasteiger partial charge in [-0.05, 0) is 35.6 Å². The zero-order valence-corrected chi connectivity index (χ0v) is 17.6. The van der Waals surface area contributed by atoms with Gasteiger partial charge in [0.1, 0.15) is 0 Å². The molecule has 0 aliphatic rings. The standard InChI is InChI=1S/C19H23N3O6S/c1-12-6-7-14(19(2,3)4)9-18(12)29(26,27)21-20-11-13-8-16(23)17(28-5)10-15(13)22(24)25/h6-11,21,23H,1-5H3/b20-11+. The number of aromatic hydroxyl groups is 1.